The fraction of sp³-hybridized carbons (Fsp3) is 1.00. The Morgan fingerprint density at radius 2 is 2.15 bits per heavy atom. The highest BCUT2D eigenvalue weighted by molar-refractivity contribution is 6.33. The van der Waals surface area contributed by atoms with Gasteiger partial charge in [-0.2, -0.15) is 0 Å². The zero-order chi connectivity index (χ0) is 9.47. The van der Waals surface area contributed by atoms with Crippen molar-refractivity contribution < 1.29 is 0 Å². The third-order valence-corrected chi connectivity index (χ3v) is 4.84. The summed E-state index contributed by atoms with van der Waals surface area (Å²) in [4.78, 5) is -0.160. The molecule has 13 heavy (non-hydrogen) atoms. The quantitative estimate of drug-likeness (QED) is 0.621. The topological polar surface area (TPSA) is 12.0 Å². The number of nitrogens with one attached hydrogen (secondary N) is 1. The normalized spacial score (nSPS) is 51.5. The van der Waals surface area contributed by atoms with E-state index >= 15 is 0 Å². The van der Waals surface area contributed by atoms with Gasteiger partial charge in [-0.25, -0.2) is 0 Å². The molecule has 1 aliphatic carbocycles. The second-order valence-corrected chi connectivity index (χ2v) is 5.73. The Labute approximate surface area is 90.2 Å². The van der Waals surface area contributed by atoms with Crippen LogP contribution in [0.2, 0.25) is 0 Å². The van der Waals surface area contributed by atoms with Crippen LogP contribution in [0.25, 0.3) is 0 Å². The summed E-state index contributed by atoms with van der Waals surface area (Å²) < 4.78 is 0. The van der Waals surface area contributed by atoms with E-state index in [9.17, 15) is 0 Å². The van der Waals surface area contributed by atoms with Crippen molar-refractivity contribution in [2.24, 2.45) is 0 Å². The summed E-state index contributed by atoms with van der Waals surface area (Å²) in [6.07, 6.45) is 5.80. The van der Waals surface area contributed by atoms with Crippen LogP contribution in [-0.2, 0) is 0 Å². The van der Waals surface area contributed by atoms with E-state index in [1.807, 2.05) is 0 Å². The molecule has 2 rings (SSSR count). The lowest BCUT2D eigenvalue weighted by Gasteiger charge is -2.48. The highest BCUT2D eigenvalue weighted by atomic mass is 35.5. The van der Waals surface area contributed by atoms with Crippen molar-refractivity contribution in [2.75, 3.05) is 0 Å². The standard InChI is InChI=1S/C10H17Cl2N/c1-7-6-8(11)10(12)5-3-2-4-9(10)13-7/h7-9,13H,2-6H2,1H3. The predicted molar refractivity (Wildman–Crippen MR) is 57.7 cm³/mol. The molecule has 4 unspecified atom stereocenters. The molecule has 76 valence electrons. The van der Waals surface area contributed by atoms with E-state index in [2.05, 4.69) is 12.2 Å². The van der Waals surface area contributed by atoms with Crippen LogP contribution >= 0.6 is 23.2 Å². The minimum absolute atomic E-state index is 0.149. The molecule has 4 atom stereocenters. The molecule has 0 bridgehead atoms. The molecule has 0 aromatic heterocycles. The highest BCUT2D eigenvalue weighted by Crippen LogP contribution is 2.43. The van der Waals surface area contributed by atoms with Gasteiger partial charge in [0.1, 0.15) is 0 Å². The van der Waals surface area contributed by atoms with Crippen molar-refractivity contribution in [3.8, 4) is 0 Å². The van der Waals surface area contributed by atoms with Gasteiger partial charge < -0.3 is 5.32 Å². The van der Waals surface area contributed by atoms with E-state index < -0.39 is 0 Å². The summed E-state index contributed by atoms with van der Waals surface area (Å²) >= 11 is 13.0. The fourth-order valence-electron chi connectivity index (χ4n) is 2.67. The van der Waals surface area contributed by atoms with Crippen molar-refractivity contribution in [3.05, 3.63) is 0 Å². The van der Waals surface area contributed by atoms with E-state index in [0.717, 1.165) is 12.8 Å². The predicted octanol–water partition coefficient (Wildman–Crippen LogP) is 2.90. The third kappa shape index (κ3) is 1.71. The van der Waals surface area contributed by atoms with Gasteiger partial charge in [-0.3, -0.25) is 0 Å². The van der Waals surface area contributed by atoms with Crippen molar-refractivity contribution in [3.63, 3.8) is 0 Å². The molecule has 0 amide bonds. The number of hydrogen-bond donors (Lipinski definition) is 1. The van der Waals surface area contributed by atoms with Crippen LogP contribution in [0.4, 0.5) is 0 Å². The Hall–Kier alpha value is 0.540. The monoisotopic (exact) mass is 221 g/mol. The lowest BCUT2D eigenvalue weighted by molar-refractivity contribution is 0.210. The molecule has 3 heteroatoms. The minimum Gasteiger partial charge on any atom is -0.310 e. The molecule has 1 saturated carbocycles. The van der Waals surface area contributed by atoms with Crippen molar-refractivity contribution in [1.29, 1.82) is 0 Å². The van der Waals surface area contributed by atoms with E-state index in [1.54, 1.807) is 0 Å². The Morgan fingerprint density at radius 1 is 1.38 bits per heavy atom. The number of fused-ring (bicyclic) bond motifs is 1. The van der Waals surface area contributed by atoms with Crippen LogP contribution in [0, 0.1) is 0 Å². The lowest BCUT2D eigenvalue weighted by Crippen LogP contribution is -2.61. The molecule has 1 N–H and O–H groups in total. The molecule has 2 fully saturated rings. The molecule has 1 nitrogen and oxygen atoms in total. The lowest BCUT2D eigenvalue weighted by atomic mass is 9.77. The number of hydrogen-bond acceptors (Lipinski definition) is 1. The maximum Gasteiger partial charge on any atom is 0.0762 e. The molecule has 1 heterocycles. The molecule has 0 spiro atoms. The van der Waals surface area contributed by atoms with Gasteiger partial charge in [0.2, 0.25) is 0 Å². The van der Waals surface area contributed by atoms with Gasteiger partial charge in [0.25, 0.3) is 0 Å². The largest absolute Gasteiger partial charge is 0.310 e. The van der Waals surface area contributed by atoms with Gasteiger partial charge >= 0.3 is 0 Å². The molecule has 1 saturated heterocycles. The Bertz CT molecular complexity index is 197. The number of halogens is 2. The minimum atomic E-state index is -0.160. The third-order valence-electron chi connectivity index (χ3n) is 3.45. The highest BCUT2D eigenvalue weighted by Gasteiger charge is 2.48. The summed E-state index contributed by atoms with van der Waals surface area (Å²) in [5, 5.41) is 3.72. The van der Waals surface area contributed by atoms with E-state index in [-0.39, 0.29) is 10.3 Å². The molecular weight excluding hydrogens is 205 g/mol. The van der Waals surface area contributed by atoms with Crippen LogP contribution in [0.15, 0.2) is 0 Å². The molecule has 2 aliphatic rings. The Balaban J connectivity index is 2.15. The second-order valence-electron chi connectivity index (χ2n) is 4.50. The summed E-state index contributed by atoms with van der Waals surface area (Å²) in [6, 6.07) is 0.964. The number of alkyl halides is 2. The molecule has 0 aromatic rings. The maximum absolute atomic E-state index is 6.60. The van der Waals surface area contributed by atoms with Crippen LogP contribution in [-0.4, -0.2) is 22.3 Å². The summed E-state index contributed by atoms with van der Waals surface area (Å²) in [5.41, 5.74) is 0. The molecular formula is C10H17Cl2N. The second kappa shape index (κ2) is 3.60. The van der Waals surface area contributed by atoms with Crippen LogP contribution in [0.3, 0.4) is 0 Å². The Morgan fingerprint density at radius 3 is 2.92 bits per heavy atom. The van der Waals surface area contributed by atoms with Gasteiger partial charge in [-0.1, -0.05) is 12.8 Å². The molecule has 1 aliphatic heterocycles. The summed E-state index contributed by atoms with van der Waals surface area (Å²) in [5.74, 6) is 0. The Kier molecular flexibility index (Phi) is 2.79. The first-order chi connectivity index (χ1) is 6.13. The zero-order valence-corrected chi connectivity index (χ0v) is 9.54. The first-order valence-electron chi connectivity index (χ1n) is 5.22. The van der Waals surface area contributed by atoms with Gasteiger partial charge in [0, 0.05) is 12.1 Å². The molecule has 0 radical (unpaired) electrons. The van der Waals surface area contributed by atoms with Gasteiger partial charge in [-0.15, -0.1) is 23.2 Å². The van der Waals surface area contributed by atoms with Gasteiger partial charge in [0.15, 0.2) is 0 Å². The van der Waals surface area contributed by atoms with Crippen molar-refractivity contribution in [1.82, 2.24) is 5.32 Å². The maximum atomic E-state index is 6.60. The SMILES string of the molecule is CC1CC(Cl)C2(Cl)CCCCC2N1. The van der Waals surface area contributed by atoms with E-state index in [1.165, 1.54) is 19.3 Å². The van der Waals surface area contributed by atoms with E-state index in [4.69, 9.17) is 23.2 Å². The fourth-order valence-corrected chi connectivity index (χ4v) is 3.60. The number of rotatable bonds is 0. The average Bonchev–Trinajstić information content (AvgIpc) is 2.07. The first kappa shape index (κ1) is 10.1. The summed E-state index contributed by atoms with van der Waals surface area (Å²) in [7, 11) is 0. The smallest absolute Gasteiger partial charge is 0.0762 e. The number of piperidine rings is 1. The van der Waals surface area contributed by atoms with Crippen LogP contribution < -0.4 is 5.32 Å². The van der Waals surface area contributed by atoms with Gasteiger partial charge in [0.05, 0.1) is 10.3 Å². The van der Waals surface area contributed by atoms with Crippen molar-refractivity contribution >= 4 is 23.2 Å². The van der Waals surface area contributed by atoms with Crippen molar-refractivity contribution in [2.45, 2.75) is 61.4 Å². The first-order valence-corrected chi connectivity index (χ1v) is 6.03. The zero-order valence-electron chi connectivity index (χ0n) is 8.02. The average molecular weight is 222 g/mol. The van der Waals surface area contributed by atoms with Crippen LogP contribution in [0.5, 0.6) is 0 Å². The van der Waals surface area contributed by atoms with Gasteiger partial charge in [-0.05, 0) is 26.2 Å². The molecule has 0 aromatic carbocycles. The van der Waals surface area contributed by atoms with E-state index in [0.29, 0.717) is 12.1 Å². The van der Waals surface area contributed by atoms with Crippen LogP contribution in [0.1, 0.15) is 39.0 Å². The summed E-state index contributed by atoms with van der Waals surface area (Å²) in [6.45, 7) is 2.19.